The monoisotopic (exact) mass is 281 g/mol. The molecule has 0 fully saturated rings. The number of thioether (sulfide) groups is 1. The Bertz CT molecular complexity index is 559. The van der Waals surface area contributed by atoms with Crippen molar-refractivity contribution in [1.82, 2.24) is 10.2 Å². The van der Waals surface area contributed by atoms with Gasteiger partial charge in [-0.05, 0) is 18.2 Å². The third-order valence-electron chi connectivity index (χ3n) is 2.36. The van der Waals surface area contributed by atoms with Gasteiger partial charge in [-0.3, -0.25) is 0 Å². The Hall–Kier alpha value is -1.47. The van der Waals surface area contributed by atoms with E-state index in [0.29, 0.717) is 18.3 Å². The van der Waals surface area contributed by atoms with Crippen LogP contribution in [0, 0.1) is 0 Å². The lowest BCUT2D eigenvalue weighted by Crippen LogP contribution is -2.15. The summed E-state index contributed by atoms with van der Waals surface area (Å²) in [6.45, 7) is 1.22. The van der Waals surface area contributed by atoms with Gasteiger partial charge in [-0.1, -0.05) is 11.3 Å². The lowest BCUT2D eigenvalue weighted by Gasteiger charge is -2.18. The SMILES string of the molecule is Nc1nnc(CSc2ccc3c(c2)OCCO3)s1. The van der Waals surface area contributed by atoms with Gasteiger partial charge in [0.25, 0.3) is 0 Å². The van der Waals surface area contributed by atoms with E-state index in [0.717, 1.165) is 27.2 Å². The predicted molar refractivity (Wildman–Crippen MR) is 71.3 cm³/mol. The summed E-state index contributed by atoms with van der Waals surface area (Å²) >= 11 is 3.09. The van der Waals surface area contributed by atoms with Crippen molar-refractivity contribution in [3.63, 3.8) is 0 Å². The van der Waals surface area contributed by atoms with E-state index >= 15 is 0 Å². The molecule has 2 N–H and O–H groups in total. The van der Waals surface area contributed by atoms with Crippen molar-refractivity contribution in [2.75, 3.05) is 18.9 Å². The van der Waals surface area contributed by atoms with E-state index in [1.54, 1.807) is 11.8 Å². The Labute approximate surface area is 112 Å². The van der Waals surface area contributed by atoms with Gasteiger partial charge in [0.15, 0.2) is 11.5 Å². The Balaban J connectivity index is 1.69. The third-order valence-corrected chi connectivity index (χ3v) is 4.30. The van der Waals surface area contributed by atoms with Crippen LogP contribution in [0.4, 0.5) is 5.13 Å². The van der Waals surface area contributed by atoms with Crippen molar-refractivity contribution in [3.8, 4) is 11.5 Å². The number of nitrogens with zero attached hydrogens (tertiary/aromatic N) is 2. The van der Waals surface area contributed by atoms with Gasteiger partial charge in [-0.2, -0.15) is 0 Å². The Kier molecular flexibility index (Phi) is 3.24. The molecule has 18 heavy (non-hydrogen) atoms. The van der Waals surface area contributed by atoms with Gasteiger partial charge in [-0.15, -0.1) is 22.0 Å². The standard InChI is InChI=1S/C11H11N3O2S2/c12-11-14-13-10(18-11)6-17-7-1-2-8-9(5-7)16-4-3-15-8/h1-2,5H,3-4,6H2,(H2,12,14). The lowest BCUT2D eigenvalue weighted by atomic mass is 10.3. The lowest BCUT2D eigenvalue weighted by molar-refractivity contribution is 0.171. The molecular weight excluding hydrogens is 270 g/mol. The van der Waals surface area contributed by atoms with Gasteiger partial charge in [-0.25, -0.2) is 0 Å². The molecule has 0 unspecified atom stereocenters. The molecule has 1 aromatic carbocycles. The average Bonchev–Trinajstić information content (AvgIpc) is 2.82. The van der Waals surface area contributed by atoms with Crippen LogP contribution in [0.1, 0.15) is 5.01 Å². The summed E-state index contributed by atoms with van der Waals surface area (Å²) in [6, 6.07) is 5.94. The van der Waals surface area contributed by atoms with Gasteiger partial charge in [0.2, 0.25) is 5.13 Å². The predicted octanol–water partition coefficient (Wildman–Crippen LogP) is 2.18. The second-order valence-electron chi connectivity index (χ2n) is 3.63. The average molecular weight is 281 g/mol. The van der Waals surface area contributed by atoms with Crippen LogP contribution in [-0.4, -0.2) is 23.4 Å². The first-order valence-corrected chi connectivity index (χ1v) is 7.22. The zero-order valence-electron chi connectivity index (χ0n) is 9.46. The first kappa shape index (κ1) is 11.6. The molecule has 2 heterocycles. The molecular formula is C11H11N3O2S2. The second-order valence-corrected chi connectivity index (χ2v) is 5.77. The van der Waals surface area contributed by atoms with Crippen LogP contribution in [0.15, 0.2) is 23.1 Å². The van der Waals surface area contributed by atoms with E-state index in [2.05, 4.69) is 10.2 Å². The molecule has 0 atom stereocenters. The number of aromatic nitrogens is 2. The summed E-state index contributed by atoms with van der Waals surface area (Å²) < 4.78 is 11.0. The molecule has 1 aliphatic rings. The van der Waals surface area contributed by atoms with Crippen molar-refractivity contribution >= 4 is 28.2 Å². The molecule has 0 amide bonds. The number of nitrogen functional groups attached to an aromatic ring is 1. The summed E-state index contributed by atoms with van der Waals surface area (Å²) in [5, 5.41) is 9.20. The quantitative estimate of drug-likeness (QED) is 0.870. The number of hydrogen-bond donors (Lipinski definition) is 1. The maximum Gasteiger partial charge on any atom is 0.203 e. The van der Waals surface area contributed by atoms with E-state index in [4.69, 9.17) is 15.2 Å². The van der Waals surface area contributed by atoms with Crippen LogP contribution in [0.2, 0.25) is 0 Å². The first-order valence-electron chi connectivity index (χ1n) is 5.41. The van der Waals surface area contributed by atoms with Crippen LogP contribution in [0.25, 0.3) is 0 Å². The second kappa shape index (κ2) is 5.03. The summed E-state index contributed by atoms with van der Waals surface area (Å²) in [5.41, 5.74) is 5.54. The molecule has 1 aromatic heterocycles. The fourth-order valence-electron chi connectivity index (χ4n) is 1.58. The van der Waals surface area contributed by atoms with Gasteiger partial charge in [0.05, 0.1) is 5.75 Å². The number of nitrogens with two attached hydrogens (primary N) is 1. The summed E-state index contributed by atoms with van der Waals surface area (Å²) in [7, 11) is 0. The molecule has 0 bridgehead atoms. The van der Waals surface area contributed by atoms with Crippen LogP contribution in [0.3, 0.4) is 0 Å². The van der Waals surface area contributed by atoms with Crippen molar-refractivity contribution in [1.29, 1.82) is 0 Å². The van der Waals surface area contributed by atoms with Crippen molar-refractivity contribution in [2.24, 2.45) is 0 Å². The molecule has 0 saturated heterocycles. The number of ether oxygens (including phenoxy) is 2. The van der Waals surface area contributed by atoms with Gasteiger partial charge < -0.3 is 15.2 Å². The van der Waals surface area contributed by atoms with Gasteiger partial charge >= 0.3 is 0 Å². The highest BCUT2D eigenvalue weighted by Crippen LogP contribution is 2.35. The van der Waals surface area contributed by atoms with E-state index < -0.39 is 0 Å². The number of anilines is 1. The minimum Gasteiger partial charge on any atom is -0.486 e. The van der Waals surface area contributed by atoms with E-state index in [1.165, 1.54) is 11.3 Å². The largest absolute Gasteiger partial charge is 0.486 e. The van der Waals surface area contributed by atoms with Crippen LogP contribution in [0.5, 0.6) is 11.5 Å². The Morgan fingerprint density at radius 3 is 2.83 bits per heavy atom. The topological polar surface area (TPSA) is 70.3 Å². The van der Waals surface area contributed by atoms with E-state index in [1.807, 2.05) is 18.2 Å². The highest BCUT2D eigenvalue weighted by Gasteiger charge is 2.12. The molecule has 0 radical (unpaired) electrons. The van der Waals surface area contributed by atoms with Crippen LogP contribution >= 0.6 is 23.1 Å². The maximum absolute atomic E-state index is 5.54. The normalized spacial score (nSPS) is 13.6. The molecule has 94 valence electrons. The maximum atomic E-state index is 5.54. The van der Waals surface area contributed by atoms with Gasteiger partial charge in [0.1, 0.15) is 18.2 Å². The summed E-state index contributed by atoms with van der Waals surface area (Å²) in [5.74, 6) is 2.38. The van der Waals surface area contributed by atoms with Gasteiger partial charge in [0, 0.05) is 4.90 Å². The molecule has 5 nitrogen and oxygen atoms in total. The number of hydrogen-bond acceptors (Lipinski definition) is 7. The molecule has 3 rings (SSSR count). The zero-order valence-corrected chi connectivity index (χ0v) is 11.1. The van der Waals surface area contributed by atoms with Crippen molar-refractivity contribution in [3.05, 3.63) is 23.2 Å². The molecule has 0 aliphatic carbocycles. The highest BCUT2D eigenvalue weighted by atomic mass is 32.2. The highest BCUT2D eigenvalue weighted by molar-refractivity contribution is 7.98. The molecule has 1 aliphatic heterocycles. The fourth-order valence-corrected chi connectivity index (χ4v) is 3.10. The number of rotatable bonds is 3. The van der Waals surface area contributed by atoms with Crippen molar-refractivity contribution in [2.45, 2.75) is 10.6 Å². The minimum atomic E-state index is 0.507. The first-order chi connectivity index (χ1) is 8.81. The van der Waals surface area contributed by atoms with E-state index in [-0.39, 0.29) is 0 Å². The summed E-state index contributed by atoms with van der Waals surface area (Å²) in [4.78, 5) is 1.12. The Morgan fingerprint density at radius 1 is 1.22 bits per heavy atom. The van der Waals surface area contributed by atoms with Crippen LogP contribution < -0.4 is 15.2 Å². The van der Waals surface area contributed by atoms with Crippen LogP contribution in [-0.2, 0) is 5.75 Å². The number of fused-ring (bicyclic) bond motifs is 1. The fraction of sp³-hybridized carbons (Fsp3) is 0.273. The Morgan fingerprint density at radius 2 is 2.06 bits per heavy atom. The minimum absolute atomic E-state index is 0.507. The smallest absolute Gasteiger partial charge is 0.203 e. The molecule has 0 spiro atoms. The molecule has 0 saturated carbocycles. The van der Waals surface area contributed by atoms with Crippen molar-refractivity contribution < 1.29 is 9.47 Å². The number of benzene rings is 1. The zero-order chi connectivity index (χ0) is 12.4. The third kappa shape index (κ3) is 2.51. The molecule has 7 heteroatoms. The molecule has 2 aromatic rings. The summed E-state index contributed by atoms with van der Waals surface area (Å²) in [6.07, 6.45) is 0. The van der Waals surface area contributed by atoms with E-state index in [9.17, 15) is 0 Å².